The molecule has 0 fully saturated rings. The smallest absolute Gasteiger partial charge is 0.247 e. The highest BCUT2D eigenvalue weighted by molar-refractivity contribution is 8.02. The second-order valence-corrected chi connectivity index (χ2v) is 35.2. The Kier molecular flexibility index (Phi) is 14.2. The quantitative estimate of drug-likeness (QED) is 0.127. The summed E-state index contributed by atoms with van der Waals surface area (Å²) in [6.45, 7) is 16.5. The fourth-order valence-corrected chi connectivity index (χ4v) is 23.6. The molecule has 14 aromatic carbocycles. The molecule has 0 radical (unpaired) electrons. The van der Waals surface area contributed by atoms with Crippen LogP contribution in [0.3, 0.4) is 0 Å². The number of fused-ring (bicyclic) bond motifs is 20. The first-order valence-electron chi connectivity index (χ1n) is 37.6. The molecule has 0 saturated heterocycles. The van der Waals surface area contributed by atoms with E-state index in [2.05, 4.69) is 340 Å². The van der Waals surface area contributed by atoms with Gasteiger partial charge in [-0.2, -0.15) is 0 Å². The molecule has 4 aliphatic rings. The Morgan fingerprint density at radius 2 is 0.566 bits per heavy atom. The Morgan fingerprint density at radius 3 is 0.934 bits per heavy atom. The van der Waals surface area contributed by atoms with Crippen LogP contribution in [0.1, 0.15) is 100.0 Å². The average Bonchev–Trinajstić information content (AvgIpc) is 0.798. The fourth-order valence-electron chi connectivity index (χ4n) is 18.5. The lowest BCUT2D eigenvalue weighted by molar-refractivity contribution is 0.750. The number of rotatable bonds is 10. The topological polar surface area (TPSA) is 19.7 Å². The molecule has 0 aliphatic carbocycles. The number of aromatic nitrogens is 4. The van der Waals surface area contributed by atoms with Crippen LogP contribution in [0, 0.1) is 0 Å². The van der Waals surface area contributed by atoms with Gasteiger partial charge in [0.2, 0.25) is 13.4 Å². The maximum atomic E-state index is 2.56. The molecule has 8 heterocycles. The number of nitrogens with zero attached hydrogens (tertiary/aromatic N) is 4. The van der Waals surface area contributed by atoms with Gasteiger partial charge in [-0.1, -0.05) is 251 Å². The van der Waals surface area contributed by atoms with Gasteiger partial charge in [-0.3, -0.25) is 0 Å². The standard InChI is InChI=1S/C96H72B2N4S4/c1-54(2)58-27-40-83-71(46-58)72-47-59(55(3)4)28-41-84(72)101(83)64-32-36-75-90(51-64)103-87-25-16-26-88-94(87)97(75)76-37-33-65(52-91(76)104-88)102-85-42-29-60(56(5)6)48-73(85)74-49-61(30-43-86(74)102)57(7)45-62-31-44-89-95-96(62)106-93-53-66(100-81-23-14-10-19-69(81)70-20-11-15-24-82(70)100)35-39-78(93)98(95)77-38-34-63(50-92(77)105-89)99-79-21-12-8-17-67(79)68-18-9-13-22-80(68)99/h8-44,46-57H,45H2,1-7H3. The SMILES string of the molecule is CC(C)c1ccc2c(c1)c1cc(C(C)C)ccc1n2-c1ccc2c(c1)Sc1cccc3c1B2c1ccc(-n2c4ccc(C(C)C)cc4c4cc(C(C)Cc5ccc6c7c5Sc5cc(-n8c9ccccc9c9ccccc98)ccc5B7c5ccc(-n7c8ccccc8c8ccccc87)cc5S6)ccc42)cc1S3. The van der Waals surface area contributed by atoms with Crippen molar-refractivity contribution in [1.82, 2.24) is 18.3 Å². The van der Waals surface area contributed by atoms with Crippen molar-refractivity contribution in [2.45, 2.75) is 118 Å². The van der Waals surface area contributed by atoms with E-state index in [4.69, 9.17) is 0 Å². The summed E-state index contributed by atoms with van der Waals surface area (Å²) in [5, 5.41) is 10.4. The molecule has 0 spiro atoms. The van der Waals surface area contributed by atoms with Crippen molar-refractivity contribution in [1.29, 1.82) is 0 Å². The predicted octanol–water partition coefficient (Wildman–Crippen LogP) is 22.7. The summed E-state index contributed by atoms with van der Waals surface area (Å²) in [5.41, 5.74) is 30.0. The van der Waals surface area contributed by atoms with E-state index >= 15 is 0 Å². The van der Waals surface area contributed by atoms with Crippen LogP contribution >= 0.6 is 47.0 Å². The van der Waals surface area contributed by atoms with Crippen molar-refractivity contribution in [2.24, 2.45) is 0 Å². The lowest BCUT2D eigenvalue weighted by Gasteiger charge is -2.35. The van der Waals surface area contributed by atoms with E-state index < -0.39 is 0 Å². The molecule has 0 N–H and O–H groups in total. The van der Waals surface area contributed by atoms with Gasteiger partial charge in [0.25, 0.3) is 0 Å². The van der Waals surface area contributed by atoms with Crippen molar-refractivity contribution < 1.29 is 0 Å². The summed E-state index contributed by atoms with van der Waals surface area (Å²) in [7, 11) is 0. The van der Waals surface area contributed by atoms with Crippen LogP contribution in [0.15, 0.2) is 312 Å². The minimum Gasteiger partial charge on any atom is -0.309 e. The third kappa shape index (κ3) is 9.42. The molecule has 506 valence electrons. The lowest BCUT2D eigenvalue weighted by atomic mass is 9.36. The third-order valence-corrected chi connectivity index (χ3v) is 28.6. The monoisotopic (exact) mass is 1430 g/mol. The molecule has 1 unspecified atom stereocenters. The van der Waals surface area contributed by atoms with Crippen molar-refractivity contribution in [3.05, 3.63) is 301 Å². The normalized spacial score (nSPS) is 13.9. The van der Waals surface area contributed by atoms with E-state index in [1.54, 1.807) is 0 Å². The Balaban J connectivity index is 0.637. The second kappa shape index (κ2) is 23.9. The molecule has 1 atom stereocenters. The Bertz CT molecular complexity index is 6680. The van der Waals surface area contributed by atoms with Gasteiger partial charge in [0.15, 0.2) is 0 Å². The van der Waals surface area contributed by atoms with E-state index in [0.717, 1.165) is 6.42 Å². The number of hydrogen-bond donors (Lipinski definition) is 0. The predicted molar refractivity (Wildman–Crippen MR) is 456 cm³/mol. The van der Waals surface area contributed by atoms with Crippen LogP contribution in [0.4, 0.5) is 0 Å². The molecule has 0 bridgehead atoms. The lowest BCUT2D eigenvalue weighted by Crippen LogP contribution is -2.58. The Hall–Kier alpha value is -10.2. The molecule has 18 aromatic rings. The van der Waals surface area contributed by atoms with Crippen LogP contribution in [-0.4, -0.2) is 31.7 Å². The maximum Gasteiger partial charge on any atom is 0.247 e. The molecule has 10 heteroatoms. The van der Waals surface area contributed by atoms with Gasteiger partial charge in [0, 0.05) is 105 Å². The highest BCUT2D eigenvalue weighted by Gasteiger charge is 2.41. The van der Waals surface area contributed by atoms with E-state index in [1.807, 2.05) is 47.0 Å². The number of benzene rings is 14. The second-order valence-electron chi connectivity index (χ2n) is 30.9. The summed E-state index contributed by atoms with van der Waals surface area (Å²) in [6, 6.07) is 106. The zero-order valence-corrected chi connectivity index (χ0v) is 63.3. The minimum absolute atomic E-state index is 0.0695. The van der Waals surface area contributed by atoms with Gasteiger partial charge in [-0.25, -0.2) is 0 Å². The van der Waals surface area contributed by atoms with Crippen LogP contribution in [0.25, 0.3) is 110 Å². The van der Waals surface area contributed by atoms with Gasteiger partial charge in [-0.15, -0.1) is 0 Å². The summed E-state index contributed by atoms with van der Waals surface area (Å²) < 4.78 is 10.0. The molecular weight excluding hydrogens is 1360 g/mol. The van der Waals surface area contributed by atoms with Crippen molar-refractivity contribution >= 4 is 180 Å². The molecule has 106 heavy (non-hydrogen) atoms. The average molecular weight is 1430 g/mol. The van der Waals surface area contributed by atoms with Crippen molar-refractivity contribution in [3.63, 3.8) is 0 Å². The third-order valence-electron chi connectivity index (χ3n) is 23.9. The summed E-state index contributed by atoms with van der Waals surface area (Å²) in [4.78, 5) is 10.8. The molecule has 4 aromatic heterocycles. The van der Waals surface area contributed by atoms with Crippen LogP contribution < -0.4 is 32.8 Å². The molecule has 4 aliphatic heterocycles. The van der Waals surface area contributed by atoms with Gasteiger partial charge < -0.3 is 18.3 Å². The molecule has 0 saturated carbocycles. The van der Waals surface area contributed by atoms with E-state index in [-0.39, 0.29) is 19.3 Å². The fraction of sp³-hybridized carbons (Fsp3) is 0.125. The van der Waals surface area contributed by atoms with Crippen molar-refractivity contribution in [3.8, 4) is 22.7 Å². The first kappa shape index (κ1) is 63.1. The van der Waals surface area contributed by atoms with Crippen LogP contribution in [0.5, 0.6) is 0 Å². The van der Waals surface area contributed by atoms with Gasteiger partial charge in [0.1, 0.15) is 0 Å². The van der Waals surface area contributed by atoms with E-state index in [9.17, 15) is 0 Å². The molecule has 0 amide bonds. The number of para-hydroxylation sites is 4. The van der Waals surface area contributed by atoms with Gasteiger partial charge in [-0.05, 0) is 208 Å². The summed E-state index contributed by atoms with van der Waals surface area (Å²) in [6.07, 6.45) is 0.907. The molecule has 4 nitrogen and oxygen atoms in total. The summed E-state index contributed by atoms with van der Waals surface area (Å²) in [5.74, 6) is 1.51. The maximum absolute atomic E-state index is 2.56. The van der Waals surface area contributed by atoms with Gasteiger partial charge in [0.05, 0.1) is 44.1 Å². The summed E-state index contributed by atoms with van der Waals surface area (Å²) >= 11 is 7.83. The van der Waals surface area contributed by atoms with Crippen molar-refractivity contribution in [2.75, 3.05) is 0 Å². The van der Waals surface area contributed by atoms with E-state index in [0.29, 0.717) is 17.8 Å². The zero-order valence-electron chi connectivity index (χ0n) is 60.1. The molecular formula is C96H72B2N4S4. The highest BCUT2D eigenvalue weighted by Crippen LogP contribution is 2.47. The Morgan fingerprint density at radius 1 is 0.255 bits per heavy atom. The van der Waals surface area contributed by atoms with E-state index in [1.165, 1.54) is 210 Å². The van der Waals surface area contributed by atoms with Crippen LogP contribution in [-0.2, 0) is 6.42 Å². The number of hydrogen-bond acceptors (Lipinski definition) is 4. The van der Waals surface area contributed by atoms with Gasteiger partial charge >= 0.3 is 0 Å². The highest BCUT2D eigenvalue weighted by atomic mass is 32.2. The first-order valence-corrected chi connectivity index (χ1v) is 40.9. The zero-order chi connectivity index (χ0) is 70.6. The largest absolute Gasteiger partial charge is 0.309 e. The Labute approximate surface area is 635 Å². The first-order chi connectivity index (χ1) is 51.9. The minimum atomic E-state index is 0.0695. The van der Waals surface area contributed by atoms with Crippen LogP contribution in [0.2, 0.25) is 0 Å². The molecule has 22 rings (SSSR count).